The van der Waals surface area contributed by atoms with Crippen molar-refractivity contribution in [2.24, 2.45) is 5.41 Å². The minimum Gasteiger partial charge on any atom is -0.396 e. The Labute approximate surface area is 87.6 Å². The van der Waals surface area contributed by atoms with Crippen LogP contribution < -0.4 is 5.32 Å². The van der Waals surface area contributed by atoms with Crippen molar-refractivity contribution in [2.75, 3.05) is 13.2 Å². The average molecular weight is 247 g/mol. The van der Waals surface area contributed by atoms with E-state index < -0.39 is 23.4 Å². The Bertz CT molecular complexity index is 285. The second-order valence-electron chi connectivity index (χ2n) is 3.91. The van der Waals surface area contributed by atoms with E-state index in [1.54, 1.807) is 0 Å². The maximum Gasteiger partial charge on any atom is 0.463 e. The van der Waals surface area contributed by atoms with Gasteiger partial charge in [-0.05, 0) is 12.8 Å². The fraction of sp³-hybridized carbons (Fsp3) is 0.875. The molecule has 1 rings (SSSR count). The number of alkyl halides is 5. The van der Waals surface area contributed by atoms with E-state index in [-0.39, 0.29) is 13.2 Å². The minimum absolute atomic E-state index is 0.342. The fourth-order valence-corrected chi connectivity index (χ4v) is 1.08. The summed E-state index contributed by atoms with van der Waals surface area (Å²) >= 11 is 0. The van der Waals surface area contributed by atoms with Gasteiger partial charge >= 0.3 is 12.1 Å². The second kappa shape index (κ2) is 3.83. The lowest BCUT2D eigenvalue weighted by Gasteiger charge is -2.20. The van der Waals surface area contributed by atoms with Crippen LogP contribution in [-0.2, 0) is 4.79 Å². The van der Waals surface area contributed by atoms with E-state index in [2.05, 4.69) is 0 Å². The molecule has 0 bridgehead atoms. The number of rotatable bonds is 4. The predicted octanol–water partition coefficient (Wildman–Crippen LogP) is 1.07. The third kappa shape index (κ3) is 2.42. The summed E-state index contributed by atoms with van der Waals surface area (Å²) in [6, 6.07) is 0. The Morgan fingerprint density at radius 2 is 1.75 bits per heavy atom. The number of halogens is 5. The molecule has 3 nitrogen and oxygen atoms in total. The number of amides is 1. The molecule has 0 unspecified atom stereocenters. The molecular formula is C8H10F5NO2. The summed E-state index contributed by atoms with van der Waals surface area (Å²) in [5.41, 5.74) is -0.711. The molecule has 0 saturated heterocycles. The summed E-state index contributed by atoms with van der Waals surface area (Å²) in [7, 11) is 0. The first kappa shape index (κ1) is 13.1. The van der Waals surface area contributed by atoms with Gasteiger partial charge in [-0.2, -0.15) is 22.0 Å². The van der Waals surface area contributed by atoms with Crippen LogP contribution in [0, 0.1) is 5.41 Å². The van der Waals surface area contributed by atoms with Gasteiger partial charge in [0.1, 0.15) is 0 Å². The molecule has 1 saturated carbocycles. The summed E-state index contributed by atoms with van der Waals surface area (Å²) < 4.78 is 60.1. The van der Waals surface area contributed by atoms with Crippen molar-refractivity contribution in [2.45, 2.75) is 24.9 Å². The molecular weight excluding hydrogens is 237 g/mol. The van der Waals surface area contributed by atoms with E-state index in [1.807, 2.05) is 0 Å². The Kier molecular flexibility index (Phi) is 3.15. The van der Waals surface area contributed by atoms with Crippen molar-refractivity contribution in [1.29, 1.82) is 0 Å². The molecule has 94 valence electrons. The van der Waals surface area contributed by atoms with E-state index >= 15 is 0 Å². The Morgan fingerprint density at radius 3 is 2.06 bits per heavy atom. The van der Waals surface area contributed by atoms with Gasteiger partial charge in [0.15, 0.2) is 0 Å². The normalized spacial score (nSPS) is 19.4. The fourth-order valence-electron chi connectivity index (χ4n) is 1.08. The van der Waals surface area contributed by atoms with Crippen LogP contribution in [0.15, 0.2) is 0 Å². The molecule has 16 heavy (non-hydrogen) atoms. The zero-order chi connectivity index (χ0) is 12.6. The molecule has 2 N–H and O–H groups in total. The molecule has 0 radical (unpaired) electrons. The number of hydrogen-bond acceptors (Lipinski definition) is 2. The number of nitrogens with one attached hydrogen (secondary N) is 1. The molecule has 0 spiro atoms. The number of hydrogen-bond donors (Lipinski definition) is 2. The van der Waals surface area contributed by atoms with Crippen LogP contribution >= 0.6 is 0 Å². The summed E-state index contributed by atoms with van der Waals surface area (Å²) in [6.45, 7) is -0.709. The Balaban J connectivity index is 2.52. The highest BCUT2D eigenvalue weighted by molar-refractivity contribution is 5.84. The highest BCUT2D eigenvalue weighted by Gasteiger charge is 2.63. The molecule has 8 heteroatoms. The first-order valence-electron chi connectivity index (χ1n) is 4.48. The van der Waals surface area contributed by atoms with Gasteiger partial charge in [0.25, 0.3) is 5.91 Å². The van der Waals surface area contributed by atoms with Gasteiger partial charge in [0.05, 0.1) is 6.61 Å². The maximum absolute atomic E-state index is 12.4. The second-order valence-corrected chi connectivity index (χ2v) is 3.91. The molecule has 1 amide bonds. The maximum atomic E-state index is 12.4. The van der Waals surface area contributed by atoms with Crippen LogP contribution in [0.25, 0.3) is 0 Å². The Hall–Kier alpha value is -0.920. The zero-order valence-electron chi connectivity index (χ0n) is 8.07. The third-order valence-corrected chi connectivity index (χ3v) is 2.56. The number of aliphatic hydroxyl groups is 1. The van der Waals surface area contributed by atoms with Crippen LogP contribution in [-0.4, -0.2) is 36.3 Å². The summed E-state index contributed by atoms with van der Waals surface area (Å²) in [4.78, 5) is 10.6. The van der Waals surface area contributed by atoms with E-state index in [4.69, 9.17) is 5.11 Å². The first-order valence-corrected chi connectivity index (χ1v) is 4.48. The highest BCUT2D eigenvalue weighted by atomic mass is 19.4. The van der Waals surface area contributed by atoms with Gasteiger partial charge in [0, 0.05) is 12.0 Å². The SMILES string of the molecule is O=C(NCC1(CO)CC1)C(F)(F)C(F)(F)F. The van der Waals surface area contributed by atoms with Crippen molar-refractivity contribution in [3.63, 3.8) is 0 Å². The van der Waals surface area contributed by atoms with Crippen LogP contribution in [0.2, 0.25) is 0 Å². The average Bonchev–Trinajstić information content (AvgIpc) is 2.93. The van der Waals surface area contributed by atoms with E-state index in [9.17, 15) is 26.7 Å². The molecule has 0 heterocycles. The number of aliphatic hydroxyl groups excluding tert-OH is 1. The number of carbonyl (C=O) groups is 1. The molecule has 1 aliphatic carbocycles. The predicted molar refractivity (Wildman–Crippen MR) is 42.8 cm³/mol. The van der Waals surface area contributed by atoms with Crippen LogP contribution in [0.4, 0.5) is 22.0 Å². The molecule has 1 aliphatic rings. The minimum atomic E-state index is -5.90. The van der Waals surface area contributed by atoms with Crippen molar-refractivity contribution >= 4 is 5.91 Å². The van der Waals surface area contributed by atoms with Gasteiger partial charge in [-0.25, -0.2) is 0 Å². The lowest BCUT2D eigenvalue weighted by atomic mass is 10.1. The molecule has 0 aromatic carbocycles. The van der Waals surface area contributed by atoms with Crippen molar-refractivity contribution in [3.8, 4) is 0 Å². The van der Waals surface area contributed by atoms with Crippen LogP contribution in [0.3, 0.4) is 0 Å². The lowest BCUT2D eigenvalue weighted by Crippen LogP contribution is -2.51. The van der Waals surface area contributed by atoms with Gasteiger partial charge in [-0.15, -0.1) is 0 Å². The largest absolute Gasteiger partial charge is 0.463 e. The third-order valence-electron chi connectivity index (χ3n) is 2.56. The van der Waals surface area contributed by atoms with E-state index in [0.717, 1.165) is 0 Å². The zero-order valence-corrected chi connectivity index (χ0v) is 8.07. The van der Waals surface area contributed by atoms with Crippen molar-refractivity contribution < 1.29 is 31.9 Å². The smallest absolute Gasteiger partial charge is 0.396 e. The van der Waals surface area contributed by atoms with Crippen LogP contribution in [0.1, 0.15) is 12.8 Å². The summed E-state index contributed by atoms with van der Waals surface area (Å²) in [6.07, 6.45) is -4.89. The van der Waals surface area contributed by atoms with Gasteiger partial charge in [-0.3, -0.25) is 4.79 Å². The monoisotopic (exact) mass is 247 g/mol. The standard InChI is InChI=1S/C8H10F5NO2/c9-7(10,8(11,12)13)5(16)14-3-6(4-15)1-2-6/h15H,1-4H2,(H,14,16). The molecule has 0 aliphatic heterocycles. The number of carbonyl (C=O) groups excluding carboxylic acids is 1. The molecule has 1 fully saturated rings. The first-order chi connectivity index (χ1) is 7.15. The summed E-state index contributed by atoms with van der Waals surface area (Å²) in [5.74, 6) is -7.77. The van der Waals surface area contributed by atoms with Gasteiger partial charge in [0.2, 0.25) is 0 Å². The topological polar surface area (TPSA) is 49.3 Å². The van der Waals surface area contributed by atoms with E-state index in [1.165, 1.54) is 5.32 Å². The quantitative estimate of drug-likeness (QED) is 0.730. The van der Waals surface area contributed by atoms with Crippen molar-refractivity contribution in [1.82, 2.24) is 5.32 Å². The molecule has 0 aromatic rings. The molecule has 0 atom stereocenters. The highest BCUT2D eigenvalue weighted by Crippen LogP contribution is 2.44. The lowest BCUT2D eigenvalue weighted by molar-refractivity contribution is -0.269. The summed E-state index contributed by atoms with van der Waals surface area (Å²) in [5, 5.41) is 10.3. The van der Waals surface area contributed by atoms with E-state index in [0.29, 0.717) is 12.8 Å². The van der Waals surface area contributed by atoms with Crippen LogP contribution in [0.5, 0.6) is 0 Å². The Morgan fingerprint density at radius 1 is 1.25 bits per heavy atom. The van der Waals surface area contributed by atoms with Gasteiger partial charge in [-0.1, -0.05) is 0 Å². The molecule has 0 aromatic heterocycles. The van der Waals surface area contributed by atoms with Crippen molar-refractivity contribution in [3.05, 3.63) is 0 Å². The van der Waals surface area contributed by atoms with Gasteiger partial charge < -0.3 is 10.4 Å².